The lowest BCUT2D eigenvalue weighted by Crippen LogP contribution is -2.42. The van der Waals surface area contributed by atoms with Gasteiger partial charge in [-0.15, -0.1) is 0 Å². The van der Waals surface area contributed by atoms with E-state index in [0.29, 0.717) is 0 Å². The zero-order valence-electron chi connectivity index (χ0n) is 10.4. The Morgan fingerprint density at radius 2 is 2.18 bits per heavy atom. The average Bonchev–Trinajstić information content (AvgIpc) is 2.54. The summed E-state index contributed by atoms with van der Waals surface area (Å²) < 4.78 is 31.4. The Kier molecular flexibility index (Phi) is 3.96. The van der Waals surface area contributed by atoms with Gasteiger partial charge in [0, 0.05) is 6.42 Å². The molecule has 0 aromatic carbocycles. The van der Waals surface area contributed by atoms with Crippen LogP contribution in [0.4, 0.5) is 13.6 Å². The minimum absolute atomic E-state index is 0.195. The molecular weight excluding hydrogens is 232 g/mol. The number of amides is 1. The molecule has 0 aromatic rings. The van der Waals surface area contributed by atoms with E-state index in [4.69, 9.17) is 9.84 Å². The standard InChI is InChI=1S/C11H19F2NO3/c1-10(2,3)17-9(16)14-7-11(13,6-12)4-8(14)5-15/h8,15H,4-7H2,1-3H3. The Morgan fingerprint density at radius 3 is 2.59 bits per heavy atom. The van der Waals surface area contributed by atoms with Crippen molar-refractivity contribution in [3.63, 3.8) is 0 Å². The average molecular weight is 251 g/mol. The van der Waals surface area contributed by atoms with E-state index in [-0.39, 0.29) is 13.0 Å². The highest BCUT2D eigenvalue weighted by Gasteiger charge is 2.47. The van der Waals surface area contributed by atoms with E-state index in [1.807, 2.05) is 0 Å². The Hall–Kier alpha value is -0.910. The van der Waals surface area contributed by atoms with Crippen LogP contribution >= 0.6 is 0 Å². The second-order valence-electron chi connectivity index (χ2n) is 5.43. The van der Waals surface area contributed by atoms with Crippen molar-refractivity contribution < 1.29 is 23.4 Å². The van der Waals surface area contributed by atoms with Crippen molar-refractivity contribution in [1.29, 1.82) is 0 Å². The second-order valence-corrected chi connectivity index (χ2v) is 5.43. The van der Waals surface area contributed by atoms with Crippen LogP contribution in [0.5, 0.6) is 0 Å². The molecule has 1 rings (SSSR count). The van der Waals surface area contributed by atoms with Gasteiger partial charge in [-0.05, 0) is 20.8 Å². The maximum absolute atomic E-state index is 13.8. The van der Waals surface area contributed by atoms with E-state index >= 15 is 0 Å². The van der Waals surface area contributed by atoms with Crippen molar-refractivity contribution >= 4 is 6.09 Å². The summed E-state index contributed by atoms with van der Waals surface area (Å²) in [5.74, 6) is 0. The first kappa shape index (κ1) is 14.2. The molecule has 0 saturated carbocycles. The van der Waals surface area contributed by atoms with Crippen molar-refractivity contribution in [2.45, 2.75) is 44.5 Å². The van der Waals surface area contributed by atoms with Gasteiger partial charge in [0.05, 0.1) is 19.2 Å². The lowest BCUT2D eigenvalue weighted by atomic mass is 10.0. The van der Waals surface area contributed by atoms with Gasteiger partial charge in [0.25, 0.3) is 0 Å². The molecule has 6 heteroatoms. The van der Waals surface area contributed by atoms with Gasteiger partial charge in [-0.2, -0.15) is 0 Å². The zero-order valence-corrected chi connectivity index (χ0v) is 10.4. The molecule has 1 heterocycles. The van der Waals surface area contributed by atoms with E-state index in [1.54, 1.807) is 20.8 Å². The molecule has 1 aliphatic rings. The van der Waals surface area contributed by atoms with Crippen LogP contribution in [0, 0.1) is 0 Å². The summed E-state index contributed by atoms with van der Waals surface area (Å²) in [6.07, 6.45) is -0.913. The predicted octanol–water partition coefficient (Wildman–Crippen LogP) is 1.67. The number of hydrogen-bond acceptors (Lipinski definition) is 3. The van der Waals surface area contributed by atoms with Gasteiger partial charge >= 0.3 is 6.09 Å². The second kappa shape index (κ2) is 4.76. The monoisotopic (exact) mass is 251 g/mol. The molecule has 17 heavy (non-hydrogen) atoms. The van der Waals surface area contributed by atoms with E-state index in [9.17, 15) is 13.6 Å². The van der Waals surface area contributed by atoms with Crippen LogP contribution in [0.15, 0.2) is 0 Å². The number of aliphatic hydroxyl groups is 1. The molecule has 2 atom stereocenters. The van der Waals surface area contributed by atoms with Crippen molar-refractivity contribution in [3.05, 3.63) is 0 Å². The largest absolute Gasteiger partial charge is 0.444 e. The third-order valence-corrected chi connectivity index (χ3v) is 2.57. The molecule has 2 unspecified atom stereocenters. The van der Waals surface area contributed by atoms with E-state index in [1.165, 1.54) is 0 Å². The van der Waals surface area contributed by atoms with Gasteiger partial charge < -0.3 is 9.84 Å². The smallest absolute Gasteiger partial charge is 0.410 e. The van der Waals surface area contributed by atoms with E-state index in [2.05, 4.69) is 0 Å². The fourth-order valence-corrected chi connectivity index (χ4v) is 1.83. The third-order valence-electron chi connectivity index (χ3n) is 2.57. The van der Waals surface area contributed by atoms with Gasteiger partial charge in [0.2, 0.25) is 0 Å². The number of rotatable bonds is 2. The van der Waals surface area contributed by atoms with Gasteiger partial charge in [0.1, 0.15) is 12.3 Å². The molecule has 1 N–H and O–H groups in total. The number of hydrogen-bond donors (Lipinski definition) is 1. The first-order chi connectivity index (χ1) is 7.71. The first-order valence-corrected chi connectivity index (χ1v) is 5.56. The number of nitrogens with zero attached hydrogens (tertiary/aromatic N) is 1. The minimum Gasteiger partial charge on any atom is -0.444 e. The van der Waals surface area contributed by atoms with Gasteiger partial charge in [-0.25, -0.2) is 13.6 Å². The van der Waals surface area contributed by atoms with Gasteiger partial charge in [-0.3, -0.25) is 4.90 Å². The Labute approximate surface area is 99.5 Å². The summed E-state index contributed by atoms with van der Waals surface area (Å²) in [6, 6.07) is -0.717. The van der Waals surface area contributed by atoms with E-state index < -0.39 is 36.7 Å². The number of alkyl halides is 2. The normalized spacial score (nSPS) is 29.5. The molecule has 0 aliphatic carbocycles. The van der Waals surface area contributed by atoms with Crippen molar-refractivity contribution in [1.82, 2.24) is 4.90 Å². The van der Waals surface area contributed by atoms with Crippen molar-refractivity contribution in [3.8, 4) is 0 Å². The highest BCUT2D eigenvalue weighted by Crippen LogP contribution is 2.32. The number of carbonyl (C=O) groups is 1. The van der Waals surface area contributed by atoms with Crippen LogP contribution in [0.3, 0.4) is 0 Å². The molecule has 0 aromatic heterocycles. The van der Waals surface area contributed by atoms with Crippen molar-refractivity contribution in [2.24, 2.45) is 0 Å². The molecule has 0 radical (unpaired) electrons. The zero-order chi connectivity index (χ0) is 13.3. The first-order valence-electron chi connectivity index (χ1n) is 5.56. The maximum Gasteiger partial charge on any atom is 0.410 e. The summed E-state index contributed by atoms with van der Waals surface area (Å²) in [4.78, 5) is 12.8. The van der Waals surface area contributed by atoms with E-state index in [0.717, 1.165) is 4.90 Å². The Bertz CT molecular complexity index is 293. The number of carbonyl (C=O) groups excluding carboxylic acids is 1. The molecule has 1 amide bonds. The summed E-state index contributed by atoms with van der Waals surface area (Å²) in [7, 11) is 0. The fraction of sp³-hybridized carbons (Fsp3) is 0.909. The van der Waals surface area contributed by atoms with Crippen LogP contribution in [-0.2, 0) is 4.74 Å². The lowest BCUT2D eigenvalue weighted by Gasteiger charge is -2.27. The van der Waals surface area contributed by atoms with Gasteiger partial charge in [0.15, 0.2) is 5.67 Å². The topological polar surface area (TPSA) is 49.8 Å². The Balaban J connectivity index is 2.73. The quantitative estimate of drug-likeness (QED) is 0.812. The molecule has 4 nitrogen and oxygen atoms in total. The molecular formula is C11H19F2NO3. The lowest BCUT2D eigenvalue weighted by molar-refractivity contribution is 0.0151. The van der Waals surface area contributed by atoms with Gasteiger partial charge in [-0.1, -0.05) is 0 Å². The molecule has 1 fully saturated rings. The summed E-state index contributed by atoms with van der Waals surface area (Å²) >= 11 is 0. The highest BCUT2D eigenvalue weighted by molar-refractivity contribution is 5.69. The maximum atomic E-state index is 13.8. The van der Waals surface area contributed by atoms with Crippen LogP contribution in [-0.4, -0.2) is 53.2 Å². The van der Waals surface area contributed by atoms with Crippen LogP contribution in [0.2, 0.25) is 0 Å². The molecule has 1 aliphatic heterocycles. The van der Waals surface area contributed by atoms with Crippen molar-refractivity contribution in [2.75, 3.05) is 19.8 Å². The summed E-state index contributed by atoms with van der Waals surface area (Å²) in [5.41, 5.74) is -2.77. The summed E-state index contributed by atoms with van der Waals surface area (Å²) in [5, 5.41) is 9.07. The number of likely N-dealkylation sites (tertiary alicyclic amines) is 1. The third kappa shape index (κ3) is 3.52. The number of halogens is 2. The molecule has 1 saturated heterocycles. The SMILES string of the molecule is CC(C)(C)OC(=O)N1CC(F)(CF)CC1CO. The summed E-state index contributed by atoms with van der Waals surface area (Å²) in [6.45, 7) is 3.13. The highest BCUT2D eigenvalue weighted by atomic mass is 19.2. The minimum atomic E-state index is -2.07. The van der Waals surface area contributed by atoms with Crippen LogP contribution in [0.25, 0.3) is 0 Å². The fourth-order valence-electron chi connectivity index (χ4n) is 1.83. The van der Waals surface area contributed by atoms with Crippen LogP contribution in [0.1, 0.15) is 27.2 Å². The Morgan fingerprint density at radius 1 is 1.59 bits per heavy atom. The number of aliphatic hydroxyl groups excluding tert-OH is 1. The number of ether oxygens (including phenoxy) is 1. The predicted molar refractivity (Wildman–Crippen MR) is 58.2 cm³/mol. The van der Waals surface area contributed by atoms with Crippen LogP contribution < -0.4 is 0 Å². The molecule has 100 valence electrons. The molecule has 0 spiro atoms. The molecule has 0 bridgehead atoms.